The van der Waals surface area contributed by atoms with Crippen LogP contribution in [0.5, 0.6) is 0 Å². The fourth-order valence-electron chi connectivity index (χ4n) is 2.51. The third-order valence-corrected chi connectivity index (χ3v) is 3.88. The van der Waals surface area contributed by atoms with E-state index in [1.54, 1.807) is 60.7 Å². The van der Waals surface area contributed by atoms with E-state index >= 15 is 0 Å². The number of aliphatic hydroxyl groups excluding tert-OH is 1. The van der Waals surface area contributed by atoms with Crippen molar-refractivity contribution in [3.8, 4) is 0 Å². The van der Waals surface area contributed by atoms with Gasteiger partial charge in [-0.2, -0.15) is 0 Å². The molecule has 144 valence electrons. The number of carbonyl (C=O) groups is 2. The molecule has 0 aromatic heterocycles. The van der Waals surface area contributed by atoms with Crippen molar-refractivity contribution in [1.82, 2.24) is 0 Å². The molecule has 7 heteroatoms. The van der Waals surface area contributed by atoms with Gasteiger partial charge in [0.1, 0.15) is 12.2 Å². The molecule has 27 heavy (non-hydrogen) atoms. The van der Waals surface area contributed by atoms with Crippen molar-refractivity contribution < 1.29 is 29.0 Å². The van der Waals surface area contributed by atoms with Gasteiger partial charge in [0.05, 0.1) is 17.7 Å². The molecule has 0 bridgehead atoms. The molecular formula is C20H23NO6. The van der Waals surface area contributed by atoms with Crippen LogP contribution in [0, 0.1) is 0 Å². The number of esters is 2. The summed E-state index contributed by atoms with van der Waals surface area (Å²) in [5, 5.41) is 9.36. The highest BCUT2D eigenvalue weighted by Crippen LogP contribution is 2.17. The zero-order chi connectivity index (χ0) is 19.5. The number of hydrogen-bond donors (Lipinski definition) is 2. The van der Waals surface area contributed by atoms with Gasteiger partial charge in [0.2, 0.25) is 0 Å². The monoisotopic (exact) mass is 373 g/mol. The van der Waals surface area contributed by atoms with Gasteiger partial charge < -0.3 is 19.4 Å². The normalized spacial score (nSPS) is 12.8. The van der Waals surface area contributed by atoms with Crippen LogP contribution in [0.1, 0.15) is 33.6 Å². The first kappa shape index (κ1) is 20.6. The summed E-state index contributed by atoms with van der Waals surface area (Å²) in [6.07, 6.45) is -1.34. The van der Waals surface area contributed by atoms with Crippen molar-refractivity contribution in [3.63, 3.8) is 0 Å². The number of nitrogens with two attached hydrogens (primary N) is 1. The summed E-state index contributed by atoms with van der Waals surface area (Å²) in [5.41, 5.74) is 0.733. The fourth-order valence-corrected chi connectivity index (χ4v) is 2.51. The van der Waals surface area contributed by atoms with Crippen molar-refractivity contribution in [2.45, 2.75) is 25.0 Å². The second kappa shape index (κ2) is 11.1. The Kier molecular flexibility index (Phi) is 8.44. The average molecular weight is 373 g/mol. The van der Waals surface area contributed by atoms with Gasteiger partial charge >= 0.3 is 11.9 Å². The van der Waals surface area contributed by atoms with E-state index in [0.717, 1.165) is 0 Å². The van der Waals surface area contributed by atoms with Gasteiger partial charge in [-0.3, -0.25) is 0 Å². The molecular weight excluding hydrogens is 350 g/mol. The van der Waals surface area contributed by atoms with Gasteiger partial charge in [-0.1, -0.05) is 36.4 Å². The van der Waals surface area contributed by atoms with Crippen molar-refractivity contribution in [3.05, 3.63) is 71.8 Å². The summed E-state index contributed by atoms with van der Waals surface area (Å²) in [6, 6.07) is 16.9. The van der Waals surface area contributed by atoms with Crippen LogP contribution in [0.4, 0.5) is 0 Å². The van der Waals surface area contributed by atoms with Gasteiger partial charge in [-0.25, -0.2) is 15.5 Å². The van der Waals surface area contributed by atoms with E-state index in [1.807, 2.05) is 0 Å². The third kappa shape index (κ3) is 6.49. The molecule has 0 aliphatic carbocycles. The third-order valence-electron chi connectivity index (χ3n) is 3.88. The minimum absolute atomic E-state index is 0.0948. The quantitative estimate of drug-likeness (QED) is 0.485. The summed E-state index contributed by atoms with van der Waals surface area (Å²) in [7, 11) is 0. The summed E-state index contributed by atoms with van der Waals surface area (Å²) in [5.74, 6) is 3.96. The zero-order valence-corrected chi connectivity index (χ0v) is 14.8. The molecule has 0 aliphatic heterocycles. The van der Waals surface area contributed by atoms with Crippen LogP contribution in [-0.2, 0) is 14.3 Å². The summed E-state index contributed by atoms with van der Waals surface area (Å²) in [4.78, 5) is 29.3. The Morgan fingerprint density at radius 1 is 0.815 bits per heavy atom. The van der Waals surface area contributed by atoms with Crippen LogP contribution in [0.25, 0.3) is 0 Å². The Labute approximate surface area is 157 Å². The second-order valence-electron chi connectivity index (χ2n) is 5.79. The first-order chi connectivity index (χ1) is 13.2. The summed E-state index contributed by atoms with van der Waals surface area (Å²) < 4.78 is 11.0. The molecule has 3 N–H and O–H groups in total. The van der Waals surface area contributed by atoms with Crippen molar-refractivity contribution in [2.24, 2.45) is 5.90 Å². The molecule has 0 spiro atoms. The van der Waals surface area contributed by atoms with Gasteiger partial charge in [0.25, 0.3) is 0 Å². The molecule has 2 aromatic carbocycles. The molecule has 0 radical (unpaired) electrons. The highest BCUT2D eigenvalue weighted by Gasteiger charge is 2.29. The van der Waals surface area contributed by atoms with E-state index in [-0.39, 0.29) is 26.1 Å². The number of ether oxygens (including phenoxy) is 2. The molecule has 0 fully saturated rings. The lowest BCUT2D eigenvalue weighted by molar-refractivity contribution is -0.0526. The van der Waals surface area contributed by atoms with Crippen LogP contribution in [0.2, 0.25) is 0 Å². The van der Waals surface area contributed by atoms with Crippen molar-refractivity contribution in [1.29, 1.82) is 0 Å². The second-order valence-corrected chi connectivity index (χ2v) is 5.79. The molecule has 0 heterocycles. The first-order valence-electron chi connectivity index (χ1n) is 8.60. The molecule has 0 aliphatic rings. The zero-order valence-electron chi connectivity index (χ0n) is 14.8. The van der Waals surface area contributed by atoms with E-state index in [1.165, 1.54) is 0 Å². The maximum Gasteiger partial charge on any atom is 0.338 e. The predicted molar refractivity (Wildman–Crippen MR) is 97.8 cm³/mol. The van der Waals surface area contributed by atoms with Gasteiger partial charge in [0.15, 0.2) is 0 Å². The summed E-state index contributed by atoms with van der Waals surface area (Å²) >= 11 is 0. The van der Waals surface area contributed by atoms with Crippen molar-refractivity contribution >= 4 is 11.9 Å². The number of benzene rings is 2. The van der Waals surface area contributed by atoms with Crippen LogP contribution < -0.4 is 5.90 Å². The smallest absolute Gasteiger partial charge is 0.338 e. The van der Waals surface area contributed by atoms with E-state index in [0.29, 0.717) is 11.1 Å². The maximum atomic E-state index is 12.4. The standard InChI is InChI=1S/C20H23NO6/c21-25-14-12-18(27-20(24)16-9-5-2-6-10-16)17(11-13-22)26-19(23)15-7-3-1-4-8-15/h1-10,17-18,22H,11-14,21H2/t17-,18-/m1/s1. The molecule has 0 unspecified atom stereocenters. The summed E-state index contributed by atoms with van der Waals surface area (Å²) in [6.45, 7) is -0.146. The lowest BCUT2D eigenvalue weighted by atomic mass is 10.1. The van der Waals surface area contributed by atoms with Gasteiger partial charge in [0, 0.05) is 19.4 Å². The molecule has 0 amide bonds. The Morgan fingerprint density at radius 2 is 1.26 bits per heavy atom. The Bertz CT molecular complexity index is 707. The largest absolute Gasteiger partial charge is 0.455 e. The SMILES string of the molecule is NOCC[C@@H](OC(=O)c1ccccc1)[C@@H](CCO)OC(=O)c1ccccc1. The average Bonchev–Trinajstić information content (AvgIpc) is 2.72. The minimum Gasteiger partial charge on any atom is -0.455 e. The predicted octanol–water partition coefficient (Wildman–Crippen LogP) is 2.10. The Hall–Kier alpha value is -2.74. The molecule has 2 aromatic rings. The highest BCUT2D eigenvalue weighted by atomic mass is 16.6. The highest BCUT2D eigenvalue weighted by molar-refractivity contribution is 5.90. The molecule has 2 rings (SSSR count). The Balaban J connectivity index is 2.13. The van der Waals surface area contributed by atoms with Gasteiger partial charge in [-0.15, -0.1) is 0 Å². The molecule has 0 saturated heterocycles. The molecule has 7 nitrogen and oxygen atoms in total. The van der Waals surface area contributed by atoms with E-state index in [9.17, 15) is 14.7 Å². The maximum absolute atomic E-state index is 12.4. The lowest BCUT2D eigenvalue weighted by Crippen LogP contribution is -2.37. The fraction of sp³-hybridized carbons (Fsp3) is 0.300. The van der Waals surface area contributed by atoms with E-state index in [2.05, 4.69) is 4.84 Å². The van der Waals surface area contributed by atoms with Gasteiger partial charge in [-0.05, 0) is 24.3 Å². The minimum atomic E-state index is -0.842. The van der Waals surface area contributed by atoms with Crippen LogP contribution in [-0.4, -0.2) is 42.5 Å². The van der Waals surface area contributed by atoms with E-state index in [4.69, 9.17) is 15.4 Å². The Morgan fingerprint density at radius 3 is 1.67 bits per heavy atom. The van der Waals surface area contributed by atoms with Crippen molar-refractivity contribution in [2.75, 3.05) is 13.2 Å². The van der Waals surface area contributed by atoms with Crippen LogP contribution in [0.3, 0.4) is 0 Å². The number of aliphatic hydroxyl groups is 1. The van der Waals surface area contributed by atoms with E-state index < -0.39 is 24.1 Å². The van der Waals surface area contributed by atoms with Crippen LogP contribution in [0.15, 0.2) is 60.7 Å². The first-order valence-corrected chi connectivity index (χ1v) is 8.60. The number of hydrogen-bond acceptors (Lipinski definition) is 7. The van der Waals surface area contributed by atoms with Crippen LogP contribution >= 0.6 is 0 Å². The molecule has 2 atom stereocenters. The number of rotatable bonds is 10. The molecule has 0 saturated carbocycles. The topological polar surface area (TPSA) is 108 Å². The lowest BCUT2D eigenvalue weighted by Gasteiger charge is -2.26. The number of carbonyl (C=O) groups excluding carboxylic acids is 2.